The van der Waals surface area contributed by atoms with E-state index in [1.807, 2.05) is 42.5 Å². The van der Waals surface area contributed by atoms with Gasteiger partial charge in [0.1, 0.15) is 0 Å². The van der Waals surface area contributed by atoms with Crippen LogP contribution >= 0.6 is 15.9 Å². The van der Waals surface area contributed by atoms with Crippen LogP contribution in [0, 0.1) is 0 Å². The number of hydroxylamine groups is 1. The predicted octanol–water partition coefficient (Wildman–Crippen LogP) is 4.23. The van der Waals surface area contributed by atoms with Crippen LogP contribution in [-0.2, 0) is 11.4 Å². The van der Waals surface area contributed by atoms with E-state index in [2.05, 4.69) is 40.5 Å². The molecule has 0 saturated heterocycles. The van der Waals surface area contributed by atoms with Crippen molar-refractivity contribution in [3.05, 3.63) is 70.2 Å². The lowest BCUT2D eigenvalue weighted by Gasteiger charge is -2.14. The van der Waals surface area contributed by atoms with Crippen molar-refractivity contribution in [1.29, 1.82) is 0 Å². The molecule has 0 aromatic heterocycles. The fourth-order valence-electron chi connectivity index (χ4n) is 1.64. The van der Waals surface area contributed by atoms with Crippen molar-refractivity contribution in [3.8, 4) is 0 Å². The summed E-state index contributed by atoms with van der Waals surface area (Å²) >= 11 is 3.43. The molecule has 0 fully saturated rings. The van der Waals surface area contributed by atoms with Crippen LogP contribution in [0.1, 0.15) is 24.1 Å². The molecule has 1 atom stereocenters. The molecule has 94 valence electrons. The summed E-state index contributed by atoms with van der Waals surface area (Å²) in [5.41, 5.74) is 5.41. The zero-order chi connectivity index (χ0) is 12.8. The van der Waals surface area contributed by atoms with Crippen LogP contribution in [0.2, 0.25) is 0 Å². The Balaban J connectivity index is 1.81. The van der Waals surface area contributed by atoms with Crippen LogP contribution < -0.4 is 5.48 Å². The van der Waals surface area contributed by atoms with Crippen LogP contribution in [-0.4, -0.2) is 0 Å². The molecule has 0 heterocycles. The molecule has 0 radical (unpaired) electrons. The van der Waals surface area contributed by atoms with Gasteiger partial charge >= 0.3 is 0 Å². The number of hydrogen-bond acceptors (Lipinski definition) is 2. The highest BCUT2D eigenvalue weighted by Gasteiger charge is 2.04. The maximum absolute atomic E-state index is 5.50. The second-order valence-corrected chi connectivity index (χ2v) is 5.08. The maximum atomic E-state index is 5.50. The fraction of sp³-hybridized carbons (Fsp3) is 0.200. The molecule has 0 bridgehead atoms. The molecule has 1 unspecified atom stereocenters. The minimum Gasteiger partial charge on any atom is -0.296 e. The molecule has 2 rings (SSSR count). The van der Waals surface area contributed by atoms with Crippen molar-refractivity contribution in [2.24, 2.45) is 0 Å². The van der Waals surface area contributed by atoms with E-state index in [0.29, 0.717) is 6.61 Å². The van der Waals surface area contributed by atoms with Crippen molar-refractivity contribution < 1.29 is 4.84 Å². The second-order valence-electron chi connectivity index (χ2n) is 4.17. The number of halogens is 1. The predicted molar refractivity (Wildman–Crippen MR) is 76.9 cm³/mol. The van der Waals surface area contributed by atoms with Crippen molar-refractivity contribution in [3.63, 3.8) is 0 Å². The zero-order valence-corrected chi connectivity index (χ0v) is 11.9. The molecule has 2 aromatic carbocycles. The molecule has 2 nitrogen and oxygen atoms in total. The Morgan fingerprint density at radius 2 is 1.72 bits per heavy atom. The summed E-state index contributed by atoms with van der Waals surface area (Å²) in [6, 6.07) is 18.5. The first-order chi connectivity index (χ1) is 8.75. The van der Waals surface area contributed by atoms with Gasteiger partial charge in [0.15, 0.2) is 0 Å². The monoisotopic (exact) mass is 305 g/mol. The van der Waals surface area contributed by atoms with Gasteiger partial charge in [0.25, 0.3) is 0 Å². The van der Waals surface area contributed by atoms with Crippen molar-refractivity contribution in [2.75, 3.05) is 0 Å². The topological polar surface area (TPSA) is 21.3 Å². The van der Waals surface area contributed by atoms with Crippen LogP contribution in [0.5, 0.6) is 0 Å². The van der Waals surface area contributed by atoms with E-state index in [1.165, 1.54) is 5.56 Å². The third-order valence-corrected chi connectivity index (χ3v) is 3.24. The summed E-state index contributed by atoms with van der Waals surface area (Å²) < 4.78 is 1.09. The van der Waals surface area contributed by atoms with E-state index in [1.54, 1.807) is 0 Å². The van der Waals surface area contributed by atoms with E-state index in [9.17, 15) is 0 Å². The van der Waals surface area contributed by atoms with Gasteiger partial charge in [0.05, 0.1) is 12.6 Å². The summed E-state index contributed by atoms with van der Waals surface area (Å²) in [4.78, 5) is 5.50. The normalized spacial score (nSPS) is 12.3. The van der Waals surface area contributed by atoms with Gasteiger partial charge in [-0.3, -0.25) is 4.84 Å². The molecule has 0 amide bonds. The highest BCUT2D eigenvalue weighted by atomic mass is 79.9. The minimum absolute atomic E-state index is 0.168. The number of benzene rings is 2. The van der Waals surface area contributed by atoms with Crippen LogP contribution in [0.25, 0.3) is 0 Å². The second kappa shape index (κ2) is 6.69. The quantitative estimate of drug-likeness (QED) is 0.835. The lowest BCUT2D eigenvalue weighted by atomic mass is 10.1. The molecule has 0 aliphatic heterocycles. The Labute approximate surface area is 116 Å². The summed E-state index contributed by atoms with van der Waals surface area (Å²) in [6.07, 6.45) is 0. The first-order valence-corrected chi connectivity index (χ1v) is 6.72. The smallest absolute Gasteiger partial charge is 0.0933 e. The molecule has 0 spiro atoms. The largest absolute Gasteiger partial charge is 0.296 e. The Kier molecular flexibility index (Phi) is 4.93. The maximum Gasteiger partial charge on any atom is 0.0933 e. The third kappa shape index (κ3) is 3.95. The van der Waals surface area contributed by atoms with Crippen molar-refractivity contribution >= 4 is 15.9 Å². The summed E-state index contributed by atoms with van der Waals surface area (Å²) in [6.45, 7) is 2.65. The van der Waals surface area contributed by atoms with Crippen molar-refractivity contribution in [1.82, 2.24) is 5.48 Å². The van der Waals surface area contributed by atoms with Gasteiger partial charge in [-0.15, -0.1) is 0 Å². The first kappa shape index (κ1) is 13.3. The fourth-order valence-corrected chi connectivity index (χ4v) is 1.91. The van der Waals surface area contributed by atoms with Crippen LogP contribution in [0.4, 0.5) is 0 Å². The Bertz CT molecular complexity index is 470. The molecular formula is C15H16BrNO. The number of nitrogens with one attached hydrogen (secondary N) is 1. The average molecular weight is 306 g/mol. The molecule has 0 aliphatic carbocycles. The first-order valence-electron chi connectivity index (χ1n) is 5.92. The molecular weight excluding hydrogens is 290 g/mol. The lowest BCUT2D eigenvalue weighted by Crippen LogP contribution is -2.18. The summed E-state index contributed by atoms with van der Waals surface area (Å²) in [7, 11) is 0. The molecule has 2 aromatic rings. The van der Waals surface area contributed by atoms with E-state index in [4.69, 9.17) is 4.84 Å². The van der Waals surface area contributed by atoms with Crippen LogP contribution in [0.3, 0.4) is 0 Å². The van der Waals surface area contributed by atoms with Crippen LogP contribution in [0.15, 0.2) is 59.1 Å². The summed E-state index contributed by atoms with van der Waals surface area (Å²) in [5.74, 6) is 0. The average Bonchev–Trinajstić information content (AvgIpc) is 2.40. The molecule has 1 N–H and O–H groups in total. The van der Waals surface area contributed by atoms with E-state index in [-0.39, 0.29) is 6.04 Å². The SMILES string of the molecule is CC(NOCc1ccccc1)c1ccc(Br)cc1. The van der Waals surface area contributed by atoms with E-state index < -0.39 is 0 Å². The standard InChI is InChI=1S/C15H16BrNO/c1-12(14-7-9-15(16)10-8-14)17-18-11-13-5-3-2-4-6-13/h2-10,12,17H,11H2,1H3. The lowest BCUT2D eigenvalue weighted by molar-refractivity contribution is 0.00698. The van der Waals surface area contributed by atoms with E-state index >= 15 is 0 Å². The van der Waals surface area contributed by atoms with Gasteiger partial charge in [-0.25, -0.2) is 0 Å². The Morgan fingerprint density at radius 3 is 2.39 bits per heavy atom. The highest BCUT2D eigenvalue weighted by Crippen LogP contribution is 2.16. The Morgan fingerprint density at radius 1 is 1.06 bits per heavy atom. The van der Waals surface area contributed by atoms with Gasteiger partial charge in [0.2, 0.25) is 0 Å². The van der Waals surface area contributed by atoms with Gasteiger partial charge in [-0.1, -0.05) is 58.4 Å². The van der Waals surface area contributed by atoms with Gasteiger partial charge < -0.3 is 0 Å². The molecule has 3 heteroatoms. The van der Waals surface area contributed by atoms with Gasteiger partial charge in [-0.05, 0) is 30.2 Å². The van der Waals surface area contributed by atoms with Crippen molar-refractivity contribution in [2.45, 2.75) is 19.6 Å². The van der Waals surface area contributed by atoms with Gasteiger partial charge in [0, 0.05) is 4.47 Å². The molecule has 0 aliphatic rings. The van der Waals surface area contributed by atoms with Gasteiger partial charge in [-0.2, -0.15) is 5.48 Å². The number of hydrogen-bond donors (Lipinski definition) is 1. The minimum atomic E-state index is 0.168. The summed E-state index contributed by atoms with van der Waals surface area (Å²) in [5, 5.41) is 0. The highest BCUT2D eigenvalue weighted by molar-refractivity contribution is 9.10. The third-order valence-electron chi connectivity index (χ3n) is 2.71. The Hall–Kier alpha value is -1.16. The molecule has 0 saturated carbocycles. The number of rotatable bonds is 5. The zero-order valence-electron chi connectivity index (χ0n) is 10.3. The molecule has 18 heavy (non-hydrogen) atoms. The van der Waals surface area contributed by atoms with E-state index in [0.717, 1.165) is 10.0 Å².